The zero-order chi connectivity index (χ0) is 16.1. The Morgan fingerprint density at radius 3 is 2.73 bits per heavy atom. The van der Waals surface area contributed by atoms with Gasteiger partial charge in [0.05, 0.1) is 17.9 Å². The number of hydrogen-bond acceptors (Lipinski definition) is 5. The Bertz CT molecular complexity index is 667. The van der Waals surface area contributed by atoms with Crippen LogP contribution in [-0.2, 0) is 4.79 Å². The molecular weight excluding hydrogens is 300 g/mol. The molecule has 116 valence electrons. The molecule has 0 saturated heterocycles. The van der Waals surface area contributed by atoms with Gasteiger partial charge in [0.15, 0.2) is 0 Å². The molecule has 0 aliphatic rings. The minimum atomic E-state index is -0.295. The van der Waals surface area contributed by atoms with Gasteiger partial charge in [-0.3, -0.25) is 14.6 Å². The number of aromatic nitrogens is 2. The molecule has 0 unspecified atom stereocenters. The second kappa shape index (κ2) is 7.13. The fourth-order valence-corrected chi connectivity index (χ4v) is 2.78. The molecule has 2 N–H and O–H groups in total. The van der Waals surface area contributed by atoms with E-state index in [2.05, 4.69) is 20.6 Å². The van der Waals surface area contributed by atoms with Gasteiger partial charge in [0.2, 0.25) is 5.91 Å². The zero-order valence-electron chi connectivity index (χ0n) is 12.7. The highest BCUT2D eigenvalue weighted by Crippen LogP contribution is 2.26. The van der Waals surface area contributed by atoms with E-state index in [9.17, 15) is 9.59 Å². The first-order chi connectivity index (χ1) is 10.5. The molecule has 2 amide bonds. The maximum atomic E-state index is 12.2. The third kappa shape index (κ3) is 4.11. The quantitative estimate of drug-likeness (QED) is 0.880. The third-order valence-electron chi connectivity index (χ3n) is 2.75. The van der Waals surface area contributed by atoms with Gasteiger partial charge in [0, 0.05) is 12.2 Å². The lowest BCUT2D eigenvalue weighted by molar-refractivity contribution is -0.120. The summed E-state index contributed by atoms with van der Waals surface area (Å²) in [5, 5.41) is 6.02. The molecule has 2 rings (SSSR count). The molecule has 2 heterocycles. The SMILES string of the molecule is Cc1nc(-c2ccccn2)sc1C(=O)NCC(=O)NC(C)C. The molecule has 2 aromatic rings. The molecule has 0 bridgehead atoms. The molecule has 22 heavy (non-hydrogen) atoms. The van der Waals surface area contributed by atoms with Gasteiger partial charge in [0.1, 0.15) is 9.88 Å². The number of hydrogen-bond donors (Lipinski definition) is 2. The van der Waals surface area contributed by atoms with Crippen molar-refractivity contribution in [3.8, 4) is 10.7 Å². The Kier molecular flexibility index (Phi) is 5.21. The lowest BCUT2D eigenvalue weighted by Gasteiger charge is -2.08. The minimum absolute atomic E-state index is 0.0466. The first-order valence-corrected chi connectivity index (χ1v) is 7.75. The van der Waals surface area contributed by atoms with Gasteiger partial charge < -0.3 is 10.6 Å². The minimum Gasteiger partial charge on any atom is -0.352 e. The van der Waals surface area contributed by atoms with Crippen LogP contribution < -0.4 is 10.6 Å². The Morgan fingerprint density at radius 2 is 2.09 bits per heavy atom. The van der Waals surface area contributed by atoms with Crippen LogP contribution in [0.3, 0.4) is 0 Å². The van der Waals surface area contributed by atoms with Crippen molar-refractivity contribution >= 4 is 23.2 Å². The summed E-state index contributed by atoms with van der Waals surface area (Å²) in [6, 6.07) is 5.58. The average molecular weight is 318 g/mol. The molecule has 0 radical (unpaired) electrons. The molecule has 0 aliphatic heterocycles. The number of amides is 2. The largest absolute Gasteiger partial charge is 0.352 e. The van der Waals surface area contributed by atoms with E-state index < -0.39 is 0 Å². The summed E-state index contributed by atoms with van der Waals surface area (Å²) in [7, 11) is 0. The van der Waals surface area contributed by atoms with Crippen molar-refractivity contribution in [2.75, 3.05) is 6.54 Å². The van der Waals surface area contributed by atoms with Gasteiger partial charge in [-0.1, -0.05) is 6.07 Å². The van der Waals surface area contributed by atoms with E-state index in [0.717, 1.165) is 5.69 Å². The van der Waals surface area contributed by atoms with Crippen molar-refractivity contribution in [3.63, 3.8) is 0 Å². The van der Waals surface area contributed by atoms with Gasteiger partial charge in [-0.15, -0.1) is 11.3 Å². The predicted octanol–water partition coefficient (Wildman–Crippen LogP) is 1.77. The third-order valence-corrected chi connectivity index (χ3v) is 3.92. The molecule has 0 aliphatic carbocycles. The molecule has 0 spiro atoms. The van der Waals surface area contributed by atoms with E-state index in [1.165, 1.54) is 11.3 Å². The maximum Gasteiger partial charge on any atom is 0.263 e. The van der Waals surface area contributed by atoms with Crippen LogP contribution in [0, 0.1) is 6.92 Å². The molecule has 7 heteroatoms. The number of nitrogens with zero attached hydrogens (tertiary/aromatic N) is 2. The fourth-order valence-electron chi connectivity index (χ4n) is 1.82. The Morgan fingerprint density at radius 1 is 1.32 bits per heavy atom. The summed E-state index contributed by atoms with van der Waals surface area (Å²) in [5.41, 5.74) is 1.36. The van der Waals surface area contributed by atoms with Gasteiger partial charge in [-0.2, -0.15) is 0 Å². The summed E-state index contributed by atoms with van der Waals surface area (Å²) in [5.74, 6) is -0.508. The topological polar surface area (TPSA) is 84.0 Å². The average Bonchev–Trinajstić information content (AvgIpc) is 2.87. The van der Waals surface area contributed by atoms with Crippen LogP contribution in [0.5, 0.6) is 0 Å². The molecule has 0 aromatic carbocycles. The predicted molar refractivity (Wildman–Crippen MR) is 85.7 cm³/mol. The monoisotopic (exact) mass is 318 g/mol. The Balaban J connectivity index is 2.05. The van der Waals surface area contributed by atoms with Crippen LogP contribution in [0.1, 0.15) is 29.2 Å². The van der Waals surface area contributed by atoms with Gasteiger partial charge in [0.25, 0.3) is 5.91 Å². The second-order valence-electron chi connectivity index (χ2n) is 5.05. The first-order valence-electron chi connectivity index (χ1n) is 6.93. The van der Waals surface area contributed by atoms with Gasteiger partial charge >= 0.3 is 0 Å². The van der Waals surface area contributed by atoms with Crippen molar-refractivity contribution in [2.24, 2.45) is 0 Å². The van der Waals surface area contributed by atoms with Crippen molar-refractivity contribution in [2.45, 2.75) is 26.8 Å². The lowest BCUT2D eigenvalue weighted by Crippen LogP contribution is -2.39. The van der Waals surface area contributed by atoms with Crippen LogP contribution in [0.2, 0.25) is 0 Å². The summed E-state index contributed by atoms with van der Waals surface area (Å²) in [6.07, 6.45) is 1.68. The number of carbonyl (C=O) groups is 2. The van der Waals surface area contributed by atoms with E-state index in [0.29, 0.717) is 15.6 Å². The number of thiazole rings is 1. The molecule has 0 saturated carbocycles. The van der Waals surface area contributed by atoms with Gasteiger partial charge in [-0.25, -0.2) is 4.98 Å². The number of pyridine rings is 1. The van der Waals surface area contributed by atoms with Crippen molar-refractivity contribution in [3.05, 3.63) is 35.0 Å². The standard InChI is InChI=1S/C15H18N4O2S/c1-9(2)18-12(20)8-17-14(21)13-10(3)19-15(22-13)11-6-4-5-7-16-11/h4-7,9H,8H2,1-3H3,(H,17,21)(H,18,20). The lowest BCUT2D eigenvalue weighted by atomic mass is 10.3. The molecule has 0 fully saturated rings. The number of aryl methyl sites for hydroxylation is 1. The molecule has 0 atom stereocenters. The highest BCUT2D eigenvalue weighted by Gasteiger charge is 2.17. The number of rotatable bonds is 5. The van der Waals surface area contributed by atoms with E-state index in [1.54, 1.807) is 13.1 Å². The maximum absolute atomic E-state index is 12.2. The summed E-state index contributed by atoms with van der Waals surface area (Å²) >= 11 is 1.27. The highest BCUT2D eigenvalue weighted by atomic mass is 32.1. The molecule has 6 nitrogen and oxygen atoms in total. The van der Waals surface area contributed by atoms with Crippen molar-refractivity contribution < 1.29 is 9.59 Å². The molecule has 2 aromatic heterocycles. The van der Waals surface area contributed by atoms with Crippen LogP contribution >= 0.6 is 11.3 Å². The van der Waals surface area contributed by atoms with E-state index in [1.807, 2.05) is 32.0 Å². The summed E-state index contributed by atoms with van der Waals surface area (Å²) in [6.45, 7) is 5.46. The number of carbonyl (C=O) groups excluding carboxylic acids is 2. The number of nitrogens with one attached hydrogen (secondary N) is 2. The van der Waals surface area contributed by atoms with Crippen LogP contribution in [0.4, 0.5) is 0 Å². The van der Waals surface area contributed by atoms with Crippen LogP contribution in [0.15, 0.2) is 24.4 Å². The Labute approximate surface area is 133 Å². The highest BCUT2D eigenvalue weighted by molar-refractivity contribution is 7.17. The summed E-state index contributed by atoms with van der Waals surface area (Å²) in [4.78, 5) is 32.8. The first kappa shape index (κ1) is 16.1. The summed E-state index contributed by atoms with van der Waals surface area (Å²) < 4.78 is 0. The normalized spacial score (nSPS) is 10.5. The van der Waals surface area contributed by atoms with E-state index >= 15 is 0 Å². The smallest absolute Gasteiger partial charge is 0.263 e. The Hall–Kier alpha value is -2.28. The van der Waals surface area contributed by atoms with Crippen LogP contribution in [0.25, 0.3) is 10.7 Å². The zero-order valence-corrected chi connectivity index (χ0v) is 13.5. The van der Waals surface area contributed by atoms with Gasteiger partial charge in [-0.05, 0) is 32.9 Å². The van der Waals surface area contributed by atoms with Crippen molar-refractivity contribution in [1.29, 1.82) is 0 Å². The van der Waals surface area contributed by atoms with Crippen LogP contribution in [-0.4, -0.2) is 34.4 Å². The molecular formula is C15H18N4O2S. The van der Waals surface area contributed by atoms with E-state index in [-0.39, 0.29) is 24.4 Å². The van der Waals surface area contributed by atoms with E-state index in [4.69, 9.17) is 0 Å². The van der Waals surface area contributed by atoms with Crippen molar-refractivity contribution in [1.82, 2.24) is 20.6 Å². The second-order valence-corrected chi connectivity index (χ2v) is 6.05. The fraction of sp³-hybridized carbons (Fsp3) is 0.333.